The zero-order chi connectivity index (χ0) is 24.3. The van der Waals surface area contributed by atoms with Crippen LogP contribution in [0.15, 0.2) is 52.9 Å². The number of methoxy groups -OCH3 is 2. The lowest BCUT2D eigenvalue weighted by Gasteiger charge is -2.36. The van der Waals surface area contributed by atoms with Gasteiger partial charge in [-0.1, -0.05) is 49.8 Å². The van der Waals surface area contributed by atoms with Gasteiger partial charge in [0.2, 0.25) is 0 Å². The maximum atomic E-state index is 13.5. The molecular formula is C28H38O4S. The van der Waals surface area contributed by atoms with Gasteiger partial charge in [-0.25, -0.2) is 8.42 Å². The highest BCUT2D eigenvalue weighted by atomic mass is 32.2. The molecule has 0 fully saturated rings. The molecule has 4 nitrogen and oxygen atoms in total. The summed E-state index contributed by atoms with van der Waals surface area (Å²) >= 11 is 0. The van der Waals surface area contributed by atoms with E-state index in [9.17, 15) is 8.42 Å². The van der Waals surface area contributed by atoms with Gasteiger partial charge < -0.3 is 9.47 Å². The molecule has 0 aromatic heterocycles. The lowest BCUT2D eigenvalue weighted by molar-refractivity contribution is 0.329. The molecule has 33 heavy (non-hydrogen) atoms. The molecule has 1 aliphatic carbocycles. The quantitative estimate of drug-likeness (QED) is 0.397. The average Bonchev–Trinajstić information content (AvgIpc) is 2.78. The summed E-state index contributed by atoms with van der Waals surface area (Å²) in [5.74, 6) is 2.45. The number of allylic oxidation sites excluding steroid dienone is 1. The van der Waals surface area contributed by atoms with E-state index in [0.717, 1.165) is 35.5 Å². The normalized spacial score (nSPS) is 19.8. The molecule has 0 bridgehead atoms. The maximum absolute atomic E-state index is 13.5. The topological polar surface area (TPSA) is 52.6 Å². The van der Waals surface area contributed by atoms with E-state index in [4.69, 9.17) is 9.47 Å². The van der Waals surface area contributed by atoms with Crippen molar-refractivity contribution in [1.82, 2.24) is 0 Å². The first-order chi connectivity index (χ1) is 15.6. The van der Waals surface area contributed by atoms with E-state index in [-0.39, 0.29) is 11.8 Å². The van der Waals surface area contributed by atoms with E-state index >= 15 is 0 Å². The summed E-state index contributed by atoms with van der Waals surface area (Å²) in [6.45, 7) is 10.4. The first kappa shape index (κ1) is 25.4. The Balaban J connectivity index is 2.02. The Labute approximate surface area is 199 Å². The summed E-state index contributed by atoms with van der Waals surface area (Å²) in [5.41, 5.74) is 4.57. The van der Waals surface area contributed by atoms with Crippen LogP contribution in [0.1, 0.15) is 75.5 Å². The van der Waals surface area contributed by atoms with Gasteiger partial charge in [0.05, 0.1) is 24.4 Å². The molecule has 1 unspecified atom stereocenters. The largest absolute Gasteiger partial charge is 0.493 e. The van der Waals surface area contributed by atoms with Gasteiger partial charge in [0.1, 0.15) is 0 Å². The van der Waals surface area contributed by atoms with E-state index in [2.05, 4.69) is 26.8 Å². The van der Waals surface area contributed by atoms with Crippen LogP contribution >= 0.6 is 0 Å². The molecule has 3 rings (SSSR count). The molecule has 2 aromatic rings. The summed E-state index contributed by atoms with van der Waals surface area (Å²) in [7, 11) is -0.0839. The molecule has 180 valence electrons. The van der Waals surface area contributed by atoms with Gasteiger partial charge in [0.25, 0.3) is 0 Å². The third-order valence-electron chi connectivity index (χ3n) is 6.98. The van der Waals surface area contributed by atoms with Crippen LogP contribution in [0, 0.1) is 12.8 Å². The Kier molecular flexibility index (Phi) is 7.94. The fourth-order valence-electron chi connectivity index (χ4n) is 5.37. The van der Waals surface area contributed by atoms with E-state index in [0.29, 0.717) is 17.2 Å². The van der Waals surface area contributed by atoms with Crippen LogP contribution in [0.25, 0.3) is 0 Å². The molecule has 0 radical (unpaired) electrons. The van der Waals surface area contributed by atoms with Gasteiger partial charge in [-0.2, -0.15) is 0 Å². The molecule has 0 saturated heterocycles. The van der Waals surface area contributed by atoms with Crippen LogP contribution in [-0.2, 0) is 9.84 Å². The van der Waals surface area contributed by atoms with E-state index < -0.39 is 15.1 Å². The van der Waals surface area contributed by atoms with Gasteiger partial charge in [-0.05, 0) is 81.0 Å². The van der Waals surface area contributed by atoms with E-state index in [1.807, 2.05) is 26.0 Å². The van der Waals surface area contributed by atoms with Crippen molar-refractivity contribution in [2.45, 2.75) is 75.9 Å². The molecule has 0 heterocycles. The SMILES string of the molecule is COc1c(C)cc2c(c1OC)[C@@H](C)CC[C@H]2[C@H](C)CC(C=C(C)C)S(=O)(=O)c1ccccc1. The van der Waals surface area contributed by atoms with Crippen molar-refractivity contribution < 1.29 is 17.9 Å². The fourth-order valence-corrected chi connectivity index (χ4v) is 7.27. The van der Waals surface area contributed by atoms with Crippen LogP contribution in [-0.4, -0.2) is 27.9 Å². The zero-order valence-corrected chi connectivity index (χ0v) is 21.8. The minimum absolute atomic E-state index is 0.188. The molecule has 4 atom stereocenters. The van der Waals surface area contributed by atoms with Crippen molar-refractivity contribution in [3.05, 3.63) is 64.7 Å². The van der Waals surface area contributed by atoms with Crippen LogP contribution in [0.2, 0.25) is 0 Å². The Morgan fingerprint density at radius 3 is 2.30 bits per heavy atom. The molecule has 0 aliphatic heterocycles. The van der Waals surface area contributed by atoms with Crippen molar-refractivity contribution in [3.8, 4) is 11.5 Å². The van der Waals surface area contributed by atoms with E-state index in [1.165, 1.54) is 11.1 Å². The van der Waals surface area contributed by atoms with Crippen molar-refractivity contribution in [1.29, 1.82) is 0 Å². The number of hydrogen-bond acceptors (Lipinski definition) is 4. The van der Waals surface area contributed by atoms with Gasteiger partial charge in [0, 0.05) is 5.56 Å². The molecule has 5 heteroatoms. The molecular weight excluding hydrogens is 432 g/mol. The Morgan fingerprint density at radius 2 is 1.73 bits per heavy atom. The Bertz CT molecular complexity index is 1100. The molecule has 0 N–H and O–H groups in total. The highest BCUT2D eigenvalue weighted by Gasteiger charge is 2.36. The smallest absolute Gasteiger partial charge is 0.184 e. The predicted molar refractivity (Wildman–Crippen MR) is 135 cm³/mol. The zero-order valence-electron chi connectivity index (χ0n) is 21.0. The van der Waals surface area contributed by atoms with Gasteiger partial charge in [-0.3, -0.25) is 0 Å². The maximum Gasteiger partial charge on any atom is 0.184 e. The number of rotatable bonds is 8. The van der Waals surface area contributed by atoms with Crippen LogP contribution < -0.4 is 9.47 Å². The number of aryl methyl sites for hydroxylation is 1. The lowest BCUT2D eigenvalue weighted by atomic mass is 9.70. The molecule has 0 amide bonds. The van der Waals surface area contributed by atoms with Gasteiger partial charge in [-0.15, -0.1) is 0 Å². The van der Waals surface area contributed by atoms with Crippen LogP contribution in [0.4, 0.5) is 0 Å². The standard InChI is InChI=1S/C28H38O4S/c1-18(2)15-23(33(29,30)22-11-9-8-10-12-22)16-20(4)24-14-13-19(3)26-25(24)17-21(5)27(31-6)28(26)32-7/h8-12,15,17,19-20,23-24H,13-14,16H2,1-7H3/t19-,20+,23?,24-/m0/s1. The third kappa shape index (κ3) is 5.13. The summed E-state index contributed by atoms with van der Waals surface area (Å²) in [6, 6.07) is 11.1. The molecule has 1 aliphatic rings. The van der Waals surface area contributed by atoms with Gasteiger partial charge in [0.15, 0.2) is 21.3 Å². The van der Waals surface area contributed by atoms with Gasteiger partial charge >= 0.3 is 0 Å². The average molecular weight is 471 g/mol. The van der Waals surface area contributed by atoms with Crippen LogP contribution in [0.3, 0.4) is 0 Å². The molecule has 0 spiro atoms. The lowest BCUT2D eigenvalue weighted by Crippen LogP contribution is -2.27. The molecule has 2 aromatic carbocycles. The monoisotopic (exact) mass is 470 g/mol. The first-order valence-electron chi connectivity index (χ1n) is 11.8. The third-order valence-corrected chi connectivity index (χ3v) is 9.04. The number of benzene rings is 2. The second kappa shape index (κ2) is 10.3. The summed E-state index contributed by atoms with van der Waals surface area (Å²) in [5, 5.41) is -0.552. The Hall–Kier alpha value is -2.27. The Morgan fingerprint density at radius 1 is 1.09 bits per heavy atom. The fraction of sp³-hybridized carbons (Fsp3) is 0.500. The van der Waals surface area contributed by atoms with E-state index in [1.54, 1.807) is 38.5 Å². The minimum Gasteiger partial charge on any atom is -0.493 e. The van der Waals surface area contributed by atoms with Crippen molar-refractivity contribution in [2.75, 3.05) is 14.2 Å². The van der Waals surface area contributed by atoms with Crippen molar-refractivity contribution >= 4 is 9.84 Å². The minimum atomic E-state index is -3.47. The molecule has 0 saturated carbocycles. The van der Waals surface area contributed by atoms with Crippen molar-refractivity contribution in [3.63, 3.8) is 0 Å². The summed E-state index contributed by atoms with van der Waals surface area (Å²) in [4.78, 5) is 0.389. The second-order valence-electron chi connectivity index (χ2n) is 9.70. The van der Waals surface area contributed by atoms with Crippen LogP contribution in [0.5, 0.6) is 11.5 Å². The highest BCUT2D eigenvalue weighted by molar-refractivity contribution is 7.92. The number of sulfone groups is 1. The number of ether oxygens (including phenoxy) is 2. The second-order valence-corrected chi connectivity index (χ2v) is 11.9. The highest BCUT2D eigenvalue weighted by Crippen LogP contribution is 2.51. The number of fused-ring (bicyclic) bond motifs is 1. The first-order valence-corrected chi connectivity index (χ1v) is 13.4. The summed E-state index contributed by atoms with van der Waals surface area (Å²) in [6.07, 6.45) is 4.58. The summed E-state index contributed by atoms with van der Waals surface area (Å²) < 4.78 is 38.6. The number of hydrogen-bond donors (Lipinski definition) is 0. The van der Waals surface area contributed by atoms with Crippen molar-refractivity contribution in [2.24, 2.45) is 5.92 Å². The predicted octanol–water partition coefficient (Wildman–Crippen LogP) is 6.83.